The first-order valence-corrected chi connectivity index (χ1v) is 5.51. The first-order valence-electron chi connectivity index (χ1n) is 4.75. The lowest BCUT2D eigenvalue weighted by Crippen LogP contribution is -2.09. The van der Waals surface area contributed by atoms with E-state index in [1.54, 1.807) is 6.92 Å². The molecule has 8 heteroatoms. The van der Waals surface area contributed by atoms with E-state index >= 15 is 0 Å². The molecule has 0 aliphatic carbocycles. The van der Waals surface area contributed by atoms with Gasteiger partial charge in [-0.3, -0.25) is 0 Å². The summed E-state index contributed by atoms with van der Waals surface area (Å²) in [4.78, 5) is 0. The molecule has 0 spiro atoms. The molecule has 0 saturated heterocycles. The lowest BCUT2D eigenvalue weighted by Gasteiger charge is -2.13. The molecule has 1 aromatic heterocycles. The maximum atomic E-state index is 12.8. The number of aryl methyl sites for hydroxylation is 1. The van der Waals surface area contributed by atoms with Crippen LogP contribution in [0.3, 0.4) is 0 Å². The normalized spacial score (nSPS) is 11.9. The molecule has 1 aromatic carbocycles. The summed E-state index contributed by atoms with van der Waals surface area (Å²) in [7, 11) is 0. The second-order valence-corrected chi connectivity index (χ2v) is 4.34. The highest BCUT2D eigenvalue weighted by atomic mass is 35.5. The van der Waals surface area contributed by atoms with Gasteiger partial charge in [0.25, 0.3) is 0 Å². The van der Waals surface area contributed by atoms with Crippen molar-refractivity contribution in [3.8, 4) is 5.69 Å². The Morgan fingerprint density at radius 1 is 1.22 bits per heavy atom. The summed E-state index contributed by atoms with van der Waals surface area (Å²) in [6.45, 7) is 1.66. The van der Waals surface area contributed by atoms with Gasteiger partial charge in [-0.15, -0.1) is 5.10 Å². The monoisotopic (exact) mass is 295 g/mol. The van der Waals surface area contributed by atoms with Crippen LogP contribution in [0.5, 0.6) is 0 Å². The molecular formula is C10H6Cl2F3N3. The minimum atomic E-state index is -4.63. The molecule has 96 valence electrons. The number of benzene rings is 1. The summed E-state index contributed by atoms with van der Waals surface area (Å²) >= 11 is 11.3. The second kappa shape index (κ2) is 4.44. The van der Waals surface area contributed by atoms with Gasteiger partial charge in [-0.25, -0.2) is 4.68 Å². The summed E-state index contributed by atoms with van der Waals surface area (Å²) in [6.07, 6.45) is -3.16. The van der Waals surface area contributed by atoms with Crippen LogP contribution in [0.4, 0.5) is 13.2 Å². The molecule has 0 radical (unpaired) electrons. The fourth-order valence-corrected chi connectivity index (χ4v) is 2.11. The molecular weight excluding hydrogens is 290 g/mol. The van der Waals surface area contributed by atoms with Crippen LogP contribution in [0.2, 0.25) is 10.0 Å². The van der Waals surface area contributed by atoms with Gasteiger partial charge in [-0.2, -0.15) is 13.2 Å². The molecule has 3 nitrogen and oxygen atoms in total. The SMILES string of the molecule is Cc1cn(-c2ccc(Cl)c(C(F)(F)F)c2Cl)nn1. The predicted octanol–water partition coefficient (Wildman–Crippen LogP) is 3.90. The van der Waals surface area contributed by atoms with Gasteiger partial charge in [-0.05, 0) is 19.1 Å². The molecule has 0 N–H and O–H groups in total. The zero-order chi connectivity index (χ0) is 13.5. The Labute approximate surface area is 110 Å². The largest absolute Gasteiger partial charge is 0.419 e. The molecule has 0 unspecified atom stereocenters. The number of nitrogens with zero attached hydrogens (tertiary/aromatic N) is 3. The number of alkyl halides is 3. The molecule has 2 aromatic rings. The van der Waals surface area contributed by atoms with Crippen molar-refractivity contribution in [3.05, 3.63) is 39.6 Å². The third-order valence-corrected chi connectivity index (χ3v) is 2.91. The van der Waals surface area contributed by atoms with Crippen LogP contribution in [0.1, 0.15) is 11.3 Å². The first kappa shape index (κ1) is 13.2. The van der Waals surface area contributed by atoms with Gasteiger partial charge in [-0.1, -0.05) is 28.4 Å². The smallest absolute Gasteiger partial charge is 0.219 e. The minimum Gasteiger partial charge on any atom is -0.219 e. The summed E-state index contributed by atoms with van der Waals surface area (Å²) in [5.41, 5.74) is -0.431. The number of halogens is 5. The number of hydrogen-bond donors (Lipinski definition) is 0. The van der Waals surface area contributed by atoms with Crippen LogP contribution < -0.4 is 0 Å². The predicted molar refractivity (Wildman–Crippen MR) is 61.1 cm³/mol. The summed E-state index contributed by atoms with van der Waals surface area (Å²) in [6, 6.07) is 2.48. The van der Waals surface area contributed by atoms with E-state index in [-0.39, 0.29) is 5.69 Å². The van der Waals surface area contributed by atoms with Crippen LogP contribution >= 0.6 is 23.2 Å². The molecule has 0 aliphatic rings. The molecule has 1 heterocycles. The Kier molecular flexibility index (Phi) is 3.25. The summed E-state index contributed by atoms with van der Waals surface area (Å²) < 4.78 is 39.6. The van der Waals surface area contributed by atoms with Crippen molar-refractivity contribution in [3.63, 3.8) is 0 Å². The molecule has 18 heavy (non-hydrogen) atoms. The van der Waals surface area contributed by atoms with Crippen LogP contribution in [-0.4, -0.2) is 15.0 Å². The van der Waals surface area contributed by atoms with Gasteiger partial charge in [0.1, 0.15) is 0 Å². The van der Waals surface area contributed by atoms with E-state index < -0.39 is 21.8 Å². The van der Waals surface area contributed by atoms with Gasteiger partial charge < -0.3 is 0 Å². The van der Waals surface area contributed by atoms with Crippen molar-refractivity contribution < 1.29 is 13.2 Å². The molecule has 0 aliphatic heterocycles. The quantitative estimate of drug-likeness (QED) is 0.799. The maximum absolute atomic E-state index is 12.8. The van der Waals surface area contributed by atoms with Gasteiger partial charge in [0, 0.05) is 0 Å². The fourth-order valence-electron chi connectivity index (χ4n) is 1.44. The highest BCUT2D eigenvalue weighted by molar-refractivity contribution is 6.37. The Morgan fingerprint density at radius 3 is 2.39 bits per heavy atom. The maximum Gasteiger partial charge on any atom is 0.419 e. The second-order valence-electron chi connectivity index (χ2n) is 3.56. The van der Waals surface area contributed by atoms with Crippen LogP contribution in [0, 0.1) is 6.92 Å². The van der Waals surface area contributed by atoms with Crippen molar-refractivity contribution in [1.82, 2.24) is 15.0 Å². The Bertz CT molecular complexity index is 593. The van der Waals surface area contributed by atoms with Gasteiger partial charge in [0.15, 0.2) is 0 Å². The highest BCUT2D eigenvalue weighted by Crippen LogP contribution is 2.41. The number of rotatable bonds is 1. The summed E-state index contributed by atoms with van der Waals surface area (Å²) in [5, 5.41) is 6.41. The zero-order valence-electron chi connectivity index (χ0n) is 8.96. The third kappa shape index (κ3) is 2.30. The van der Waals surface area contributed by atoms with E-state index in [1.807, 2.05) is 0 Å². The zero-order valence-corrected chi connectivity index (χ0v) is 10.5. The van der Waals surface area contributed by atoms with Crippen LogP contribution in [-0.2, 0) is 6.18 Å². The Balaban J connectivity index is 2.65. The van der Waals surface area contributed by atoms with Crippen molar-refractivity contribution in [1.29, 1.82) is 0 Å². The van der Waals surface area contributed by atoms with E-state index in [0.717, 1.165) is 6.07 Å². The van der Waals surface area contributed by atoms with Crippen molar-refractivity contribution >= 4 is 23.2 Å². The van der Waals surface area contributed by atoms with Crippen LogP contribution in [0.15, 0.2) is 18.3 Å². The highest BCUT2D eigenvalue weighted by Gasteiger charge is 2.37. The standard InChI is InChI=1S/C10H6Cl2F3N3/c1-5-4-18(17-16-5)7-3-2-6(11)8(9(7)12)10(13,14)15/h2-4H,1H3. The molecule has 0 saturated carbocycles. The van der Waals surface area contributed by atoms with Gasteiger partial charge in [0.05, 0.1) is 33.2 Å². The topological polar surface area (TPSA) is 30.7 Å². The number of aromatic nitrogens is 3. The molecule has 0 bridgehead atoms. The lowest BCUT2D eigenvalue weighted by molar-refractivity contribution is -0.137. The third-order valence-electron chi connectivity index (χ3n) is 2.21. The Morgan fingerprint density at radius 2 is 1.89 bits per heavy atom. The van der Waals surface area contributed by atoms with Gasteiger partial charge >= 0.3 is 6.18 Å². The average Bonchev–Trinajstić information content (AvgIpc) is 2.62. The Hall–Kier alpha value is -1.27. The molecule has 0 amide bonds. The molecule has 2 rings (SSSR count). The van der Waals surface area contributed by atoms with Crippen molar-refractivity contribution in [2.45, 2.75) is 13.1 Å². The molecule has 0 fully saturated rings. The first-order chi connectivity index (χ1) is 8.30. The van der Waals surface area contributed by atoms with E-state index in [9.17, 15) is 13.2 Å². The van der Waals surface area contributed by atoms with Crippen LogP contribution in [0.25, 0.3) is 5.69 Å². The van der Waals surface area contributed by atoms with E-state index in [0.29, 0.717) is 5.69 Å². The van der Waals surface area contributed by atoms with Gasteiger partial charge in [0.2, 0.25) is 0 Å². The average molecular weight is 296 g/mol. The van der Waals surface area contributed by atoms with E-state index in [4.69, 9.17) is 23.2 Å². The van der Waals surface area contributed by atoms with Crippen molar-refractivity contribution in [2.24, 2.45) is 0 Å². The fraction of sp³-hybridized carbons (Fsp3) is 0.200. The summed E-state index contributed by atoms with van der Waals surface area (Å²) in [5.74, 6) is 0. The van der Waals surface area contributed by atoms with Crippen molar-refractivity contribution in [2.75, 3.05) is 0 Å². The minimum absolute atomic E-state index is 0.0778. The van der Waals surface area contributed by atoms with E-state index in [2.05, 4.69) is 10.3 Å². The lowest BCUT2D eigenvalue weighted by atomic mass is 10.2. The molecule has 0 atom stereocenters. The van der Waals surface area contributed by atoms with E-state index in [1.165, 1.54) is 16.9 Å². The number of hydrogen-bond acceptors (Lipinski definition) is 2.